The Morgan fingerprint density at radius 3 is 2.48 bits per heavy atom. The predicted octanol–water partition coefficient (Wildman–Crippen LogP) is 2.85. The highest BCUT2D eigenvalue weighted by molar-refractivity contribution is 7.89. The summed E-state index contributed by atoms with van der Waals surface area (Å²) in [6, 6.07) is 4.68. The quantitative estimate of drug-likeness (QED) is 0.656. The van der Waals surface area contributed by atoms with Gasteiger partial charge in [0.25, 0.3) is 0 Å². The van der Waals surface area contributed by atoms with Crippen LogP contribution in [0.5, 0.6) is 5.75 Å². The Bertz CT molecular complexity index is 908. The number of methoxy groups -OCH3 is 1. The molecule has 3 rings (SSSR count). The molecule has 1 atom stereocenters. The van der Waals surface area contributed by atoms with Gasteiger partial charge >= 0.3 is 0 Å². The van der Waals surface area contributed by atoms with Crippen molar-refractivity contribution in [2.24, 2.45) is 5.92 Å². The number of amides is 2. The lowest BCUT2D eigenvalue weighted by Crippen LogP contribution is -2.38. The van der Waals surface area contributed by atoms with Crippen LogP contribution in [0, 0.1) is 5.92 Å². The van der Waals surface area contributed by atoms with Crippen molar-refractivity contribution in [3.8, 4) is 5.75 Å². The summed E-state index contributed by atoms with van der Waals surface area (Å²) in [6.45, 7) is 4.68. The molecular weight excluding hydrogens is 418 g/mol. The van der Waals surface area contributed by atoms with Crippen LogP contribution in [0.1, 0.15) is 52.4 Å². The Balaban J connectivity index is 1.77. The first-order chi connectivity index (χ1) is 14.8. The molecule has 2 aliphatic rings. The number of ether oxygens (including phenoxy) is 1. The number of nitrogens with one attached hydrogen (secondary N) is 1. The van der Waals surface area contributed by atoms with E-state index in [0.717, 1.165) is 25.7 Å². The van der Waals surface area contributed by atoms with Crippen LogP contribution in [0.2, 0.25) is 0 Å². The highest BCUT2D eigenvalue weighted by Crippen LogP contribution is 2.32. The van der Waals surface area contributed by atoms with Crippen LogP contribution in [0.4, 0.5) is 5.69 Å². The molecule has 1 heterocycles. The standard InChI is InChI=1S/C22H33N3O5S/c1-4-24(5-2)31(28,29)18-11-12-20(30-3)19(14-18)23-22(27)16-13-21(26)25(15-16)17-9-7-6-8-10-17/h11-12,14,16-17H,4-10,13,15H2,1-3H3,(H,23,27). The van der Waals surface area contributed by atoms with Crippen molar-refractivity contribution in [3.63, 3.8) is 0 Å². The fourth-order valence-electron chi connectivity index (χ4n) is 4.55. The molecular formula is C22H33N3O5S. The van der Waals surface area contributed by atoms with Crippen molar-refractivity contribution in [2.45, 2.75) is 63.3 Å². The molecule has 172 valence electrons. The fraction of sp³-hybridized carbons (Fsp3) is 0.636. The summed E-state index contributed by atoms with van der Waals surface area (Å²) in [4.78, 5) is 27.4. The molecule has 9 heteroatoms. The van der Waals surface area contributed by atoms with E-state index in [9.17, 15) is 18.0 Å². The molecule has 2 fully saturated rings. The maximum absolute atomic E-state index is 13.0. The molecule has 1 aliphatic heterocycles. The number of likely N-dealkylation sites (tertiary alicyclic amines) is 1. The Morgan fingerprint density at radius 2 is 1.87 bits per heavy atom. The Labute approximate surface area is 185 Å². The predicted molar refractivity (Wildman–Crippen MR) is 118 cm³/mol. The summed E-state index contributed by atoms with van der Waals surface area (Å²) in [5, 5.41) is 2.81. The van der Waals surface area contributed by atoms with Gasteiger partial charge in [0.05, 0.1) is 23.6 Å². The number of rotatable bonds is 8. The third-order valence-corrected chi connectivity index (χ3v) is 8.36. The monoisotopic (exact) mass is 451 g/mol. The van der Waals surface area contributed by atoms with Crippen LogP contribution >= 0.6 is 0 Å². The van der Waals surface area contributed by atoms with Crippen molar-refractivity contribution in [3.05, 3.63) is 18.2 Å². The van der Waals surface area contributed by atoms with Gasteiger partial charge in [-0.15, -0.1) is 0 Å². The molecule has 1 saturated carbocycles. The number of carbonyl (C=O) groups excluding carboxylic acids is 2. The summed E-state index contributed by atoms with van der Waals surface area (Å²) in [5.74, 6) is -0.346. The Hall–Kier alpha value is -2.13. The second kappa shape index (κ2) is 9.99. The van der Waals surface area contributed by atoms with Gasteiger partial charge in [-0.2, -0.15) is 4.31 Å². The maximum Gasteiger partial charge on any atom is 0.243 e. The number of carbonyl (C=O) groups is 2. The molecule has 8 nitrogen and oxygen atoms in total. The zero-order valence-corrected chi connectivity index (χ0v) is 19.4. The number of sulfonamides is 1. The summed E-state index contributed by atoms with van der Waals surface area (Å²) < 4.78 is 32.4. The molecule has 0 bridgehead atoms. The third kappa shape index (κ3) is 5.03. The topological polar surface area (TPSA) is 96.0 Å². The van der Waals surface area contributed by atoms with Crippen LogP contribution in [0.15, 0.2) is 23.1 Å². The first-order valence-corrected chi connectivity index (χ1v) is 12.5. The van der Waals surface area contributed by atoms with Gasteiger partial charge in [-0.3, -0.25) is 9.59 Å². The van der Waals surface area contributed by atoms with Gasteiger partial charge < -0.3 is 15.0 Å². The lowest BCUT2D eigenvalue weighted by molar-refractivity contribution is -0.130. The van der Waals surface area contributed by atoms with E-state index < -0.39 is 15.9 Å². The lowest BCUT2D eigenvalue weighted by atomic mass is 9.94. The van der Waals surface area contributed by atoms with E-state index in [1.54, 1.807) is 19.9 Å². The van der Waals surface area contributed by atoms with Crippen molar-refractivity contribution < 1.29 is 22.7 Å². The minimum Gasteiger partial charge on any atom is -0.495 e. The molecule has 0 spiro atoms. The fourth-order valence-corrected chi connectivity index (χ4v) is 6.03. The average Bonchev–Trinajstić information content (AvgIpc) is 3.16. The highest BCUT2D eigenvalue weighted by atomic mass is 32.2. The molecule has 1 saturated heterocycles. The molecule has 2 amide bonds. The van der Waals surface area contributed by atoms with E-state index in [-0.39, 0.29) is 29.2 Å². The van der Waals surface area contributed by atoms with Gasteiger partial charge in [-0.25, -0.2) is 8.42 Å². The lowest BCUT2D eigenvalue weighted by Gasteiger charge is -2.31. The first kappa shape index (κ1) is 23.5. The molecule has 1 aliphatic carbocycles. The van der Waals surface area contributed by atoms with Crippen LogP contribution in [-0.2, 0) is 19.6 Å². The van der Waals surface area contributed by atoms with E-state index in [1.165, 1.54) is 30.0 Å². The number of benzene rings is 1. The van der Waals surface area contributed by atoms with Gasteiger partial charge in [0.2, 0.25) is 21.8 Å². The van der Waals surface area contributed by atoms with E-state index in [1.807, 2.05) is 4.90 Å². The van der Waals surface area contributed by atoms with Gasteiger partial charge in [0, 0.05) is 32.1 Å². The van der Waals surface area contributed by atoms with Crippen molar-refractivity contribution in [1.29, 1.82) is 0 Å². The van der Waals surface area contributed by atoms with Crippen LogP contribution in [-0.4, -0.2) is 62.2 Å². The molecule has 1 N–H and O–H groups in total. The molecule has 31 heavy (non-hydrogen) atoms. The summed E-state index contributed by atoms with van der Waals surface area (Å²) in [6.07, 6.45) is 5.63. The summed E-state index contributed by atoms with van der Waals surface area (Å²) >= 11 is 0. The zero-order chi connectivity index (χ0) is 22.6. The van der Waals surface area contributed by atoms with Crippen LogP contribution in [0.25, 0.3) is 0 Å². The minimum absolute atomic E-state index is 0.0249. The normalized spacial score (nSPS) is 20.3. The van der Waals surface area contributed by atoms with Gasteiger partial charge in [0.1, 0.15) is 5.75 Å². The van der Waals surface area contributed by atoms with Gasteiger partial charge in [-0.1, -0.05) is 33.1 Å². The van der Waals surface area contributed by atoms with E-state index >= 15 is 0 Å². The van der Waals surface area contributed by atoms with Crippen LogP contribution < -0.4 is 10.1 Å². The van der Waals surface area contributed by atoms with Crippen molar-refractivity contribution >= 4 is 27.5 Å². The van der Waals surface area contributed by atoms with E-state index in [2.05, 4.69) is 5.32 Å². The zero-order valence-electron chi connectivity index (χ0n) is 18.6. The second-order valence-corrected chi connectivity index (χ2v) is 10.1. The molecule has 1 aromatic rings. The summed E-state index contributed by atoms with van der Waals surface area (Å²) in [7, 11) is -2.21. The average molecular weight is 452 g/mol. The number of hydrogen-bond acceptors (Lipinski definition) is 5. The smallest absolute Gasteiger partial charge is 0.243 e. The van der Waals surface area contributed by atoms with E-state index in [0.29, 0.717) is 31.1 Å². The molecule has 0 radical (unpaired) electrons. The van der Waals surface area contributed by atoms with Crippen molar-refractivity contribution in [1.82, 2.24) is 9.21 Å². The minimum atomic E-state index is -3.67. The SMILES string of the molecule is CCN(CC)S(=O)(=O)c1ccc(OC)c(NC(=O)C2CC(=O)N(C3CCCCC3)C2)c1. The van der Waals surface area contributed by atoms with Gasteiger partial charge in [0.15, 0.2) is 0 Å². The largest absolute Gasteiger partial charge is 0.495 e. The Kier molecular flexibility index (Phi) is 7.59. The molecule has 1 aromatic carbocycles. The number of hydrogen-bond donors (Lipinski definition) is 1. The second-order valence-electron chi connectivity index (χ2n) is 8.18. The summed E-state index contributed by atoms with van der Waals surface area (Å²) in [5.41, 5.74) is 0.296. The number of anilines is 1. The van der Waals surface area contributed by atoms with Crippen molar-refractivity contribution in [2.75, 3.05) is 32.1 Å². The maximum atomic E-state index is 13.0. The molecule has 1 unspecified atom stereocenters. The third-order valence-electron chi connectivity index (χ3n) is 6.32. The van der Waals surface area contributed by atoms with Crippen LogP contribution in [0.3, 0.4) is 0 Å². The van der Waals surface area contributed by atoms with E-state index in [4.69, 9.17) is 4.74 Å². The van der Waals surface area contributed by atoms with Gasteiger partial charge in [-0.05, 0) is 31.0 Å². The molecule has 0 aromatic heterocycles. The first-order valence-electron chi connectivity index (χ1n) is 11.1. The Morgan fingerprint density at radius 1 is 1.19 bits per heavy atom. The number of nitrogens with zero attached hydrogens (tertiary/aromatic N) is 2. The highest BCUT2D eigenvalue weighted by Gasteiger charge is 2.38.